The molecule has 4 nitrogen and oxygen atoms in total. The maximum absolute atomic E-state index is 11.8. The van der Waals surface area contributed by atoms with Crippen molar-refractivity contribution in [3.05, 3.63) is 0 Å². The standard InChI is InChI=1S/C29H55ClO4/c1-2-3-4-5-6-7-8-9-10-11-13-16-21-26-33-28(31)23-18-19-24-29(32)34-27-22-17-14-12-15-20-25-30/h2-27H2,1H3. The summed E-state index contributed by atoms with van der Waals surface area (Å²) in [6.07, 6.45) is 25.9. The highest BCUT2D eigenvalue weighted by Gasteiger charge is 2.06. The van der Waals surface area contributed by atoms with Crippen LogP contribution in [0.4, 0.5) is 0 Å². The number of esters is 2. The van der Waals surface area contributed by atoms with Gasteiger partial charge in [0.05, 0.1) is 13.2 Å². The maximum Gasteiger partial charge on any atom is 0.305 e. The Morgan fingerprint density at radius 2 is 0.794 bits per heavy atom. The van der Waals surface area contributed by atoms with Crippen molar-refractivity contribution in [3.8, 4) is 0 Å². The first-order valence-electron chi connectivity index (χ1n) is 14.6. The zero-order valence-corrected chi connectivity index (χ0v) is 23.2. The van der Waals surface area contributed by atoms with E-state index in [1.165, 1.54) is 89.9 Å². The number of rotatable bonds is 27. The predicted molar refractivity (Wildman–Crippen MR) is 145 cm³/mol. The van der Waals surface area contributed by atoms with Crippen LogP contribution in [0, 0.1) is 0 Å². The molecule has 0 aromatic carbocycles. The molecular formula is C29H55ClO4. The molecule has 0 unspecified atom stereocenters. The van der Waals surface area contributed by atoms with Crippen LogP contribution in [0.5, 0.6) is 0 Å². The molecule has 0 heterocycles. The van der Waals surface area contributed by atoms with Gasteiger partial charge in [-0.3, -0.25) is 9.59 Å². The highest BCUT2D eigenvalue weighted by atomic mass is 35.5. The van der Waals surface area contributed by atoms with E-state index in [2.05, 4.69) is 6.92 Å². The molecule has 0 saturated heterocycles. The maximum atomic E-state index is 11.8. The van der Waals surface area contributed by atoms with Crippen LogP contribution in [-0.2, 0) is 19.1 Å². The highest BCUT2D eigenvalue weighted by Crippen LogP contribution is 2.13. The normalized spacial score (nSPS) is 11.0. The second kappa shape index (κ2) is 28.5. The van der Waals surface area contributed by atoms with E-state index in [0.717, 1.165) is 38.0 Å². The molecule has 0 bridgehead atoms. The molecular weight excluding hydrogens is 448 g/mol. The monoisotopic (exact) mass is 502 g/mol. The quantitative estimate of drug-likeness (QED) is 0.0637. The van der Waals surface area contributed by atoms with Crippen LogP contribution >= 0.6 is 11.6 Å². The van der Waals surface area contributed by atoms with Gasteiger partial charge in [-0.25, -0.2) is 0 Å². The van der Waals surface area contributed by atoms with Crippen LogP contribution in [0.3, 0.4) is 0 Å². The van der Waals surface area contributed by atoms with E-state index in [1.54, 1.807) is 0 Å². The van der Waals surface area contributed by atoms with E-state index < -0.39 is 0 Å². The molecule has 34 heavy (non-hydrogen) atoms. The van der Waals surface area contributed by atoms with Crippen molar-refractivity contribution < 1.29 is 19.1 Å². The van der Waals surface area contributed by atoms with Crippen molar-refractivity contribution in [1.29, 1.82) is 0 Å². The fourth-order valence-electron chi connectivity index (χ4n) is 4.08. The summed E-state index contributed by atoms with van der Waals surface area (Å²) in [6.45, 7) is 3.31. The molecule has 0 atom stereocenters. The first kappa shape index (κ1) is 33.2. The average molecular weight is 503 g/mol. The lowest BCUT2D eigenvalue weighted by molar-refractivity contribution is -0.146. The minimum atomic E-state index is -0.150. The van der Waals surface area contributed by atoms with Gasteiger partial charge in [0.1, 0.15) is 0 Å². The molecule has 0 aliphatic rings. The van der Waals surface area contributed by atoms with Crippen molar-refractivity contribution in [2.75, 3.05) is 19.1 Å². The molecule has 0 aliphatic carbocycles. The first-order chi connectivity index (χ1) is 16.7. The Labute approximate surface area is 216 Å². The number of hydrogen-bond acceptors (Lipinski definition) is 4. The smallest absolute Gasteiger partial charge is 0.305 e. The first-order valence-corrected chi connectivity index (χ1v) is 15.1. The Balaban J connectivity index is 3.27. The van der Waals surface area contributed by atoms with Crippen LogP contribution < -0.4 is 0 Å². The van der Waals surface area contributed by atoms with Crippen molar-refractivity contribution in [2.24, 2.45) is 0 Å². The second-order valence-electron chi connectivity index (χ2n) is 9.70. The van der Waals surface area contributed by atoms with E-state index in [9.17, 15) is 9.59 Å². The summed E-state index contributed by atoms with van der Waals surface area (Å²) in [4.78, 5) is 23.5. The average Bonchev–Trinajstić information content (AvgIpc) is 2.83. The highest BCUT2D eigenvalue weighted by molar-refractivity contribution is 6.17. The van der Waals surface area contributed by atoms with Crippen molar-refractivity contribution >= 4 is 23.5 Å². The van der Waals surface area contributed by atoms with Gasteiger partial charge >= 0.3 is 11.9 Å². The fraction of sp³-hybridized carbons (Fsp3) is 0.931. The van der Waals surface area contributed by atoms with Crippen molar-refractivity contribution in [3.63, 3.8) is 0 Å². The van der Waals surface area contributed by atoms with Gasteiger partial charge in [-0.1, -0.05) is 110 Å². The number of ether oxygens (including phenoxy) is 2. The van der Waals surface area contributed by atoms with Gasteiger partial charge in [0.2, 0.25) is 0 Å². The van der Waals surface area contributed by atoms with Gasteiger partial charge in [-0.15, -0.1) is 11.6 Å². The fourth-order valence-corrected chi connectivity index (χ4v) is 4.27. The topological polar surface area (TPSA) is 52.6 Å². The summed E-state index contributed by atoms with van der Waals surface area (Å²) < 4.78 is 10.6. The zero-order chi connectivity index (χ0) is 25.0. The van der Waals surface area contributed by atoms with Gasteiger partial charge in [-0.05, 0) is 32.1 Å². The van der Waals surface area contributed by atoms with Crippen LogP contribution in [0.15, 0.2) is 0 Å². The molecule has 0 aromatic heterocycles. The minimum absolute atomic E-state index is 0.138. The predicted octanol–water partition coefficient (Wildman–Crippen LogP) is 9.30. The van der Waals surface area contributed by atoms with Crippen LogP contribution in [0.1, 0.15) is 155 Å². The van der Waals surface area contributed by atoms with Gasteiger partial charge in [0, 0.05) is 18.7 Å². The summed E-state index contributed by atoms with van der Waals surface area (Å²) in [6, 6.07) is 0. The van der Waals surface area contributed by atoms with E-state index in [0.29, 0.717) is 38.9 Å². The lowest BCUT2D eigenvalue weighted by atomic mass is 10.0. The molecule has 0 spiro atoms. The van der Waals surface area contributed by atoms with Crippen molar-refractivity contribution in [1.82, 2.24) is 0 Å². The molecule has 0 aromatic rings. The van der Waals surface area contributed by atoms with Gasteiger partial charge in [0.25, 0.3) is 0 Å². The van der Waals surface area contributed by atoms with Crippen molar-refractivity contribution in [2.45, 2.75) is 155 Å². The lowest BCUT2D eigenvalue weighted by Gasteiger charge is -2.06. The third kappa shape index (κ3) is 27.5. The summed E-state index contributed by atoms with van der Waals surface area (Å²) in [7, 11) is 0. The summed E-state index contributed by atoms with van der Waals surface area (Å²) in [5, 5.41) is 0. The lowest BCUT2D eigenvalue weighted by Crippen LogP contribution is -2.08. The Kier molecular flexibility index (Phi) is 27.8. The molecule has 0 N–H and O–H groups in total. The van der Waals surface area contributed by atoms with Gasteiger partial charge in [-0.2, -0.15) is 0 Å². The number of unbranched alkanes of at least 4 members (excludes halogenated alkanes) is 18. The molecule has 5 heteroatoms. The number of carbonyl (C=O) groups excluding carboxylic acids is 2. The Morgan fingerprint density at radius 1 is 0.471 bits per heavy atom. The SMILES string of the molecule is CCCCCCCCCCCCCCCOC(=O)CCCCC(=O)OCCCCCCCCCl. The van der Waals surface area contributed by atoms with Crippen LogP contribution in [0.2, 0.25) is 0 Å². The van der Waals surface area contributed by atoms with E-state index in [1.807, 2.05) is 0 Å². The number of carbonyl (C=O) groups is 2. The second-order valence-corrected chi connectivity index (χ2v) is 10.1. The van der Waals surface area contributed by atoms with E-state index >= 15 is 0 Å². The summed E-state index contributed by atoms with van der Waals surface area (Å²) >= 11 is 5.66. The molecule has 0 radical (unpaired) electrons. The number of halogens is 1. The molecule has 0 amide bonds. The third-order valence-corrected chi connectivity index (χ3v) is 6.58. The van der Waals surface area contributed by atoms with Crippen LogP contribution in [-0.4, -0.2) is 31.0 Å². The minimum Gasteiger partial charge on any atom is -0.466 e. The van der Waals surface area contributed by atoms with Gasteiger partial charge < -0.3 is 9.47 Å². The summed E-state index contributed by atoms with van der Waals surface area (Å²) in [5.74, 6) is 0.457. The molecule has 0 saturated carbocycles. The Hall–Kier alpha value is -0.770. The Morgan fingerprint density at radius 3 is 1.15 bits per heavy atom. The zero-order valence-electron chi connectivity index (χ0n) is 22.4. The molecule has 0 fully saturated rings. The largest absolute Gasteiger partial charge is 0.466 e. The van der Waals surface area contributed by atoms with E-state index in [4.69, 9.17) is 21.1 Å². The number of alkyl halides is 1. The van der Waals surface area contributed by atoms with Crippen LogP contribution in [0.25, 0.3) is 0 Å². The molecule has 0 rings (SSSR count). The molecule has 202 valence electrons. The molecule has 0 aliphatic heterocycles. The van der Waals surface area contributed by atoms with E-state index in [-0.39, 0.29) is 11.9 Å². The van der Waals surface area contributed by atoms with Gasteiger partial charge in [0.15, 0.2) is 0 Å². The summed E-state index contributed by atoms with van der Waals surface area (Å²) in [5.41, 5.74) is 0. The number of hydrogen-bond donors (Lipinski definition) is 0. The third-order valence-electron chi connectivity index (χ3n) is 6.31. The Bertz CT molecular complexity index is 442.